The first kappa shape index (κ1) is 15.5. The van der Waals surface area contributed by atoms with Crippen LogP contribution in [0.15, 0.2) is 24.3 Å². The summed E-state index contributed by atoms with van der Waals surface area (Å²) in [5, 5.41) is 11.8. The molecule has 1 aliphatic rings. The van der Waals surface area contributed by atoms with Crippen LogP contribution in [-0.2, 0) is 0 Å². The van der Waals surface area contributed by atoms with Gasteiger partial charge >= 0.3 is 5.97 Å². The van der Waals surface area contributed by atoms with Gasteiger partial charge in [0.1, 0.15) is 0 Å². The van der Waals surface area contributed by atoms with Crippen molar-refractivity contribution in [2.45, 2.75) is 19.8 Å². The van der Waals surface area contributed by atoms with E-state index in [0.717, 1.165) is 25.9 Å². The van der Waals surface area contributed by atoms with Crippen LogP contribution in [0.25, 0.3) is 0 Å². The SMILES string of the molecule is CN1CCC(C)(CNC(=O)c2ccc(C(=O)O)cc2)CC1. The zero-order valence-electron chi connectivity index (χ0n) is 12.6. The summed E-state index contributed by atoms with van der Waals surface area (Å²) >= 11 is 0. The van der Waals surface area contributed by atoms with Crippen molar-refractivity contribution >= 4 is 11.9 Å². The minimum absolute atomic E-state index is 0.142. The Hall–Kier alpha value is -1.88. The van der Waals surface area contributed by atoms with Gasteiger partial charge in [-0.05, 0) is 62.7 Å². The Morgan fingerprint density at radius 3 is 2.24 bits per heavy atom. The zero-order valence-corrected chi connectivity index (χ0v) is 12.6. The molecule has 1 aliphatic heterocycles. The van der Waals surface area contributed by atoms with E-state index < -0.39 is 5.97 Å². The maximum Gasteiger partial charge on any atom is 0.335 e. The van der Waals surface area contributed by atoms with Crippen molar-refractivity contribution in [1.29, 1.82) is 0 Å². The number of rotatable bonds is 4. The lowest BCUT2D eigenvalue weighted by molar-refractivity contribution is 0.0696. The van der Waals surface area contributed by atoms with E-state index in [9.17, 15) is 9.59 Å². The van der Waals surface area contributed by atoms with Crippen molar-refractivity contribution in [3.8, 4) is 0 Å². The Morgan fingerprint density at radius 2 is 1.71 bits per heavy atom. The minimum atomic E-state index is -0.985. The van der Waals surface area contributed by atoms with Crippen molar-refractivity contribution in [1.82, 2.24) is 10.2 Å². The smallest absolute Gasteiger partial charge is 0.335 e. The number of nitrogens with zero attached hydrogens (tertiary/aromatic N) is 1. The van der Waals surface area contributed by atoms with E-state index in [2.05, 4.69) is 24.2 Å². The Labute approximate surface area is 125 Å². The van der Waals surface area contributed by atoms with Crippen LogP contribution in [0.1, 0.15) is 40.5 Å². The molecule has 1 aromatic rings. The molecule has 0 aromatic heterocycles. The molecule has 2 rings (SSSR count). The van der Waals surface area contributed by atoms with Crippen LogP contribution in [0.3, 0.4) is 0 Å². The molecular weight excluding hydrogens is 268 g/mol. The average molecular weight is 290 g/mol. The highest BCUT2D eigenvalue weighted by atomic mass is 16.4. The number of carbonyl (C=O) groups excluding carboxylic acids is 1. The van der Waals surface area contributed by atoms with Crippen LogP contribution >= 0.6 is 0 Å². The molecule has 114 valence electrons. The molecule has 2 N–H and O–H groups in total. The maximum atomic E-state index is 12.1. The third-order valence-corrected chi connectivity index (χ3v) is 4.26. The summed E-state index contributed by atoms with van der Waals surface area (Å²) in [6, 6.07) is 6.01. The molecule has 1 aromatic carbocycles. The quantitative estimate of drug-likeness (QED) is 0.888. The molecule has 0 radical (unpaired) electrons. The van der Waals surface area contributed by atoms with Crippen molar-refractivity contribution in [2.75, 3.05) is 26.7 Å². The summed E-state index contributed by atoms with van der Waals surface area (Å²) in [6.45, 7) is 4.97. The predicted octanol–water partition coefficient (Wildman–Crippen LogP) is 1.85. The van der Waals surface area contributed by atoms with E-state index in [1.165, 1.54) is 12.1 Å². The van der Waals surface area contributed by atoms with Crippen molar-refractivity contribution < 1.29 is 14.7 Å². The molecule has 21 heavy (non-hydrogen) atoms. The molecule has 1 heterocycles. The van der Waals surface area contributed by atoms with Crippen molar-refractivity contribution in [2.24, 2.45) is 5.41 Å². The number of carbonyl (C=O) groups is 2. The molecule has 0 unspecified atom stereocenters. The fraction of sp³-hybridized carbons (Fsp3) is 0.500. The number of nitrogens with one attached hydrogen (secondary N) is 1. The van der Waals surface area contributed by atoms with E-state index in [-0.39, 0.29) is 16.9 Å². The second-order valence-corrected chi connectivity index (χ2v) is 6.18. The number of benzene rings is 1. The minimum Gasteiger partial charge on any atom is -0.478 e. The lowest BCUT2D eigenvalue weighted by atomic mass is 9.80. The monoisotopic (exact) mass is 290 g/mol. The predicted molar refractivity (Wildman–Crippen MR) is 80.6 cm³/mol. The molecule has 1 fully saturated rings. The number of amides is 1. The van der Waals surface area contributed by atoms with E-state index >= 15 is 0 Å². The molecule has 0 bridgehead atoms. The van der Waals surface area contributed by atoms with Gasteiger partial charge in [0, 0.05) is 12.1 Å². The fourth-order valence-electron chi connectivity index (χ4n) is 2.50. The summed E-state index contributed by atoms with van der Waals surface area (Å²) < 4.78 is 0. The molecule has 5 heteroatoms. The number of hydrogen-bond acceptors (Lipinski definition) is 3. The van der Waals surface area contributed by atoms with E-state index in [0.29, 0.717) is 12.1 Å². The Bertz CT molecular complexity index is 517. The first-order valence-electron chi connectivity index (χ1n) is 7.20. The maximum absolute atomic E-state index is 12.1. The summed E-state index contributed by atoms with van der Waals surface area (Å²) in [4.78, 5) is 25.2. The molecule has 0 saturated carbocycles. The lowest BCUT2D eigenvalue weighted by Gasteiger charge is -2.37. The molecule has 0 spiro atoms. The summed E-state index contributed by atoms with van der Waals surface area (Å²) in [6.07, 6.45) is 2.14. The van der Waals surface area contributed by atoms with E-state index in [1.807, 2.05) is 0 Å². The van der Waals surface area contributed by atoms with Gasteiger partial charge in [-0.25, -0.2) is 4.79 Å². The highest BCUT2D eigenvalue weighted by Gasteiger charge is 2.29. The summed E-state index contributed by atoms with van der Waals surface area (Å²) in [5.41, 5.74) is 0.828. The zero-order chi connectivity index (χ0) is 15.5. The molecule has 5 nitrogen and oxygen atoms in total. The van der Waals surface area contributed by atoms with Crippen LogP contribution < -0.4 is 5.32 Å². The third-order valence-electron chi connectivity index (χ3n) is 4.26. The van der Waals surface area contributed by atoms with Gasteiger partial charge in [-0.1, -0.05) is 6.92 Å². The number of aromatic carboxylic acids is 1. The number of hydrogen-bond donors (Lipinski definition) is 2. The van der Waals surface area contributed by atoms with E-state index in [4.69, 9.17) is 5.11 Å². The second kappa shape index (κ2) is 6.26. The van der Waals surface area contributed by atoms with E-state index in [1.54, 1.807) is 12.1 Å². The topological polar surface area (TPSA) is 69.6 Å². The standard InChI is InChI=1S/C16H22N2O3/c1-16(7-9-18(2)10-8-16)11-17-14(19)12-3-5-13(6-4-12)15(20)21/h3-6H,7-11H2,1-2H3,(H,17,19)(H,20,21). The first-order chi connectivity index (χ1) is 9.89. The summed E-state index contributed by atoms with van der Waals surface area (Å²) in [7, 11) is 2.11. The highest BCUT2D eigenvalue weighted by molar-refractivity contribution is 5.95. The number of likely N-dealkylation sites (tertiary alicyclic amines) is 1. The van der Waals surface area contributed by atoms with Gasteiger partial charge in [-0.3, -0.25) is 4.79 Å². The summed E-state index contributed by atoms with van der Waals surface area (Å²) in [5.74, 6) is -1.13. The van der Waals surface area contributed by atoms with Gasteiger partial charge in [0.15, 0.2) is 0 Å². The number of piperidine rings is 1. The largest absolute Gasteiger partial charge is 0.478 e. The van der Waals surface area contributed by atoms with Gasteiger partial charge in [0.05, 0.1) is 5.56 Å². The van der Waals surface area contributed by atoms with Gasteiger partial charge in [-0.15, -0.1) is 0 Å². The van der Waals surface area contributed by atoms with Crippen molar-refractivity contribution in [3.05, 3.63) is 35.4 Å². The molecule has 1 saturated heterocycles. The van der Waals surface area contributed by atoms with Gasteiger partial charge in [0.2, 0.25) is 0 Å². The average Bonchev–Trinajstić information content (AvgIpc) is 2.48. The number of carboxylic acid groups (broad SMARTS) is 1. The second-order valence-electron chi connectivity index (χ2n) is 6.18. The molecule has 1 amide bonds. The Kier molecular flexibility index (Phi) is 4.63. The molecule has 0 aliphatic carbocycles. The van der Waals surface area contributed by atoms with Crippen LogP contribution in [0.5, 0.6) is 0 Å². The molecule has 0 atom stereocenters. The van der Waals surface area contributed by atoms with Crippen LogP contribution in [0, 0.1) is 5.41 Å². The van der Waals surface area contributed by atoms with Crippen LogP contribution in [0.2, 0.25) is 0 Å². The third kappa shape index (κ3) is 4.04. The number of carboxylic acids is 1. The highest BCUT2D eigenvalue weighted by Crippen LogP contribution is 2.29. The Balaban J connectivity index is 1.91. The Morgan fingerprint density at radius 1 is 1.19 bits per heavy atom. The van der Waals surface area contributed by atoms with Crippen LogP contribution in [0.4, 0.5) is 0 Å². The van der Waals surface area contributed by atoms with Crippen LogP contribution in [-0.4, -0.2) is 48.6 Å². The van der Waals surface area contributed by atoms with Gasteiger partial charge in [-0.2, -0.15) is 0 Å². The lowest BCUT2D eigenvalue weighted by Crippen LogP contribution is -2.43. The van der Waals surface area contributed by atoms with Gasteiger partial charge < -0.3 is 15.3 Å². The first-order valence-corrected chi connectivity index (χ1v) is 7.20. The van der Waals surface area contributed by atoms with Crippen molar-refractivity contribution in [3.63, 3.8) is 0 Å². The molecular formula is C16H22N2O3. The fourth-order valence-corrected chi connectivity index (χ4v) is 2.50. The normalized spacial score (nSPS) is 18.2. The van der Waals surface area contributed by atoms with Gasteiger partial charge in [0.25, 0.3) is 5.91 Å².